The van der Waals surface area contributed by atoms with E-state index < -0.39 is 40.4 Å². The number of fused-ring (bicyclic) bond motifs is 1. The highest BCUT2D eigenvalue weighted by molar-refractivity contribution is 6.31. The molecule has 2 heterocycles. The predicted molar refractivity (Wildman–Crippen MR) is 131 cm³/mol. The second kappa shape index (κ2) is 8.76. The van der Waals surface area contributed by atoms with Crippen molar-refractivity contribution in [2.24, 2.45) is 0 Å². The van der Waals surface area contributed by atoms with Crippen molar-refractivity contribution in [1.82, 2.24) is 4.90 Å². The number of nitro benzene ring substituents is 1. The topological polar surface area (TPSA) is 110 Å². The van der Waals surface area contributed by atoms with E-state index in [1.54, 1.807) is 42.5 Å². The maximum absolute atomic E-state index is 13.6. The van der Waals surface area contributed by atoms with Crippen LogP contribution >= 0.6 is 11.6 Å². The molecule has 5 rings (SSSR count). The van der Waals surface area contributed by atoms with Crippen LogP contribution in [0.25, 0.3) is 0 Å². The van der Waals surface area contributed by atoms with E-state index in [2.05, 4.69) is 0 Å². The summed E-state index contributed by atoms with van der Waals surface area (Å²) in [6.07, 6.45) is 0. The van der Waals surface area contributed by atoms with E-state index in [0.29, 0.717) is 28.6 Å². The van der Waals surface area contributed by atoms with Crippen LogP contribution in [0.3, 0.4) is 0 Å². The van der Waals surface area contributed by atoms with E-state index in [0.717, 1.165) is 10.5 Å². The summed E-state index contributed by atoms with van der Waals surface area (Å²) in [6, 6.07) is 14.1. The summed E-state index contributed by atoms with van der Waals surface area (Å²) >= 11 is 6.22. The zero-order valence-corrected chi connectivity index (χ0v) is 20.1. The molecule has 0 saturated carbocycles. The molecule has 1 fully saturated rings. The first-order valence-electron chi connectivity index (χ1n) is 11.2. The number of carbonyl (C=O) groups excluding carboxylic acids is 3. The van der Waals surface area contributed by atoms with E-state index in [9.17, 15) is 24.5 Å². The van der Waals surface area contributed by atoms with Gasteiger partial charge in [-0.05, 0) is 55.3 Å². The quantitative estimate of drug-likeness (QED) is 0.208. The Labute approximate surface area is 211 Å². The van der Waals surface area contributed by atoms with E-state index >= 15 is 0 Å². The van der Waals surface area contributed by atoms with Gasteiger partial charge in [0.1, 0.15) is 17.4 Å². The third-order valence-corrected chi connectivity index (χ3v) is 6.67. The number of carbonyl (C=O) groups is 3. The van der Waals surface area contributed by atoms with Crippen LogP contribution in [0.15, 0.2) is 60.7 Å². The molecule has 0 unspecified atom stereocenters. The number of nitrogens with zero attached hydrogens (tertiary/aromatic N) is 3. The Hall–Kier alpha value is -4.24. The van der Waals surface area contributed by atoms with Gasteiger partial charge < -0.3 is 9.64 Å². The number of halogens is 1. The normalized spacial score (nSPS) is 18.8. The smallest absolute Gasteiger partial charge is 0.282 e. The Bertz CT molecular complexity index is 1440. The van der Waals surface area contributed by atoms with Gasteiger partial charge in [0.25, 0.3) is 23.4 Å². The van der Waals surface area contributed by atoms with Crippen molar-refractivity contribution in [3.05, 3.63) is 98.1 Å². The van der Waals surface area contributed by atoms with E-state index in [-0.39, 0.29) is 11.1 Å². The van der Waals surface area contributed by atoms with Crippen LogP contribution in [-0.2, 0) is 4.79 Å². The van der Waals surface area contributed by atoms with Gasteiger partial charge in [-0.3, -0.25) is 29.4 Å². The van der Waals surface area contributed by atoms with Gasteiger partial charge in [0.15, 0.2) is 0 Å². The van der Waals surface area contributed by atoms with Crippen LogP contribution in [0.4, 0.5) is 11.4 Å². The van der Waals surface area contributed by atoms with Crippen molar-refractivity contribution in [2.45, 2.75) is 25.9 Å². The molecule has 0 aliphatic carbocycles. The van der Waals surface area contributed by atoms with Gasteiger partial charge in [0.2, 0.25) is 0 Å². The van der Waals surface area contributed by atoms with Gasteiger partial charge in [0, 0.05) is 16.8 Å². The minimum atomic E-state index is -1.19. The fraction of sp³-hybridized carbons (Fsp3) is 0.192. The molecule has 0 bridgehead atoms. The SMILES string of the molecule is CCOc1ccc([C@@H]2[C@@H](N3C(=O)c4cccc([N+](=O)[O-])c4C3=O)C(=O)N2c2cc(Cl)ccc2C)cc1. The van der Waals surface area contributed by atoms with E-state index in [1.807, 2.05) is 13.8 Å². The molecule has 1 saturated heterocycles. The molecular weight excluding hydrogens is 486 g/mol. The molecule has 2 aliphatic rings. The minimum Gasteiger partial charge on any atom is -0.494 e. The van der Waals surface area contributed by atoms with Gasteiger partial charge in [-0.1, -0.05) is 35.9 Å². The average molecular weight is 506 g/mol. The summed E-state index contributed by atoms with van der Waals surface area (Å²) in [4.78, 5) is 53.5. The summed E-state index contributed by atoms with van der Waals surface area (Å²) in [5.74, 6) is -1.46. The Balaban J connectivity index is 1.61. The number of β-lactam (4-membered cyclic amide) rings is 1. The third kappa shape index (κ3) is 3.51. The summed E-state index contributed by atoms with van der Waals surface area (Å²) in [5, 5.41) is 12.0. The van der Waals surface area contributed by atoms with Crippen molar-refractivity contribution in [1.29, 1.82) is 0 Å². The Morgan fingerprint density at radius 3 is 2.36 bits per heavy atom. The fourth-order valence-electron chi connectivity index (χ4n) is 4.79. The molecule has 0 aromatic heterocycles. The van der Waals surface area contributed by atoms with Crippen molar-refractivity contribution in [3.63, 3.8) is 0 Å². The second-order valence-corrected chi connectivity index (χ2v) is 8.90. The van der Waals surface area contributed by atoms with Crippen LogP contribution in [0.5, 0.6) is 5.75 Å². The van der Waals surface area contributed by atoms with Crippen molar-refractivity contribution < 1.29 is 24.0 Å². The van der Waals surface area contributed by atoms with Gasteiger partial charge in [-0.2, -0.15) is 0 Å². The Kier molecular flexibility index (Phi) is 5.72. The maximum Gasteiger partial charge on any atom is 0.282 e. The predicted octanol–water partition coefficient (Wildman–Crippen LogP) is 4.71. The van der Waals surface area contributed by atoms with Crippen molar-refractivity contribution >= 4 is 40.7 Å². The molecule has 3 aromatic carbocycles. The minimum absolute atomic E-state index is 0.0928. The van der Waals surface area contributed by atoms with Crippen molar-refractivity contribution in [2.75, 3.05) is 11.5 Å². The highest BCUT2D eigenvalue weighted by Crippen LogP contribution is 2.46. The lowest BCUT2D eigenvalue weighted by Crippen LogP contribution is -2.67. The lowest BCUT2D eigenvalue weighted by molar-refractivity contribution is -0.385. The summed E-state index contributed by atoms with van der Waals surface area (Å²) in [6.45, 7) is 4.16. The zero-order chi connectivity index (χ0) is 25.7. The first-order chi connectivity index (χ1) is 17.2. The second-order valence-electron chi connectivity index (χ2n) is 8.47. The van der Waals surface area contributed by atoms with Gasteiger partial charge >= 0.3 is 0 Å². The molecule has 3 amide bonds. The number of nitro groups is 1. The molecule has 10 heteroatoms. The third-order valence-electron chi connectivity index (χ3n) is 6.43. The van der Waals surface area contributed by atoms with Gasteiger partial charge in [-0.15, -0.1) is 0 Å². The van der Waals surface area contributed by atoms with Crippen LogP contribution in [0.1, 0.15) is 44.8 Å². The molecular formula is C26H20ClN3O6. The Morgan fingerprint density at radius 1 is 0.972 bits per heavy atom. The van der Waals surface area contributed by atoms with Crippen LogP contribution < -0.4 is 9.64 Å². The fourth-order valence-corrected chi connectivity index (χ4v) is 4.95. The number of amides is 3. The van der Waals surface area contributed by atoms with Gasteiger partial charge in [-0.25, -0.2) is 0 Å². The van der Waals surface area contributed by atoms with Gasteiger partial charge in [0.05, 0.1) is 23.1 Å². The maximum atomic E-state index is 13.6. The molecule has 0 radical (unpaired) electrons. The van der Waals surface area contributed by atoms with Crippen LogP contribution in [0, 0.1) is 17.0 Å². The summed E-state index contributed by atoms with van der Waals surface area (Å²) in [5.41, 5.74) is 1.12. The largest absolute Gasteiger partial charge is 0.494 e. The monoisotopic (exact) mass is 505 g/mol. The van der Waals surface area contributed by atoms with E-state index in [1.165, 1.54) is 23.1 Å². The molecule has 0 N–H and O–H groups in total. The number of hydrogen-bond donors (Lipinski definition) is 0. The lowest BCUT2D eigenvalue weighted by atomic mass is 9.85. The van der Waals surface area contributed by atoms with Crippen molar-refractivity contribution in [3.8, 4) is 5.75 Å². The molecule has 0 spiro atoms. The molecule has 9 nitrogen and oxygen atoms in total. The highest BCUT2D eigenvalue weighted by atomic mass is 35.5. The lowest BCUT2D eigenvalue weighted by Gasteiger charge is -2.50. The molecule has 3 aromatic rings. The molecule has 2 aliphatic heterocycles. The number of hydrogen-bond acceptors (Lipinski definition) is 6. The number of imide groups is 1. The number of aryl methyl sites for hydroxylation is 1. The van der Waals surface area contributed by atoms with Crippen LogP contribution in [0.2, 0.25) is 5.02 Å². The van der Waals surface area contributed by atoms with Crippen LogP contribution in [-0.4, -0.2) is 40.2 Å². The number of anilines is 1. The summed E-state index contributed by atoms with van der Waals surface area (Å²) in [7, 11) is 0. The molecule has 182 valence electrons. The number of rotatable bonds is 6. The first kappa shape index (κ1) is 23.5. The first-order valence-corrected chi connectivity index (χ1v) is 11.6. The molecule has 36 heavy (non-hydrogen) atoms. The van der Waals surface area contributed by atoms with E-state index in [4.69, 9.17) is 16.3 Å². The standard InChI is InChI=1S/C26H20ClN3O6/c1-3-36-17-11-8-15(9-12-17)22-23(26(33)28(22)20-13-16(27)10-7-14(20)2)29-24(31)18-5-4-6-19(30(34)35)21(18)25(29)32/h4-13,22-23H,3H2,1-2H3/t22-,23-/m1/s1. The average Bonchev–Trinajstić information content (AvgIpc) is 3.10. The number of ether oxygens (including phenoxy) is 1. The Morgan fingerprint density at radius 2 is 1.69 bits per heavy atom. The highest BCUT2D eigenvalue weighted by Gasteiger charge is 2.58. The number of benzene rings is 3. The summed E-state index contributed by atoms with van der Waals surface area (Å²) < 4.78 is 5.52. The zero-order valence-electron chi connectivity index (χ0n) is 19.3. The molecule has 2 atom stereocenters.